The smallest absolute Gasteiger partial charge is 0.315 e. The van der Waals surface area contributed by atoms with Crippen molar-refractivity contribution in [1.29, 1.82) is 0 Å². The van der Waals surface area contributed by atoms with Gasteiger partial charge in [-0.3, -0.25) is 4.79 Å². The Morgan fingerprint density at radius 3 is 2.00 bits per heavy atom. The maximum absolute atomic E-state index is 10.8. The van der Waals surface area contributed by atoms with E-state index in [0.29, 0.717) is 52.9 Å². The Kier molecular flexibility index (Phi) is 13.6. The third kappa shape index (κ3) is 12.7. The Morgan fingerprint density at radius 2 is 1.48 bits per heavy atom. The van der Waals surface area contributed by atoms with E-state index in [0.717, 1.165) is 19.4 Å². The van der Waals surface area contributed by atoms with Crippen LogP contribution in [0.15, 0.2) is 0 Å². The largest absolute Gasteiger partial charge is 0.463 e. The average Bonchev–Trinajstić information content (AvgIpc) is 3.08. The van der Waals surface area contributed by atoms with E-state index in [9.17, 15) is 4.79 Å². The number of hydrogen-bond donors (Lipinski definition) is 1. The molecule has 0 bridgehead atoms. The van der Waals surface area contributed by atoms with Gasteiger partial charge in [0, 0.05) is 6.61 Å². The molecule has 1 unspecified atom stereocenters. The first-order chi connectivity index (χ1) is 11.3. The van der Waals surface area contributed by atoms with Crippen LogP contribution in [-0.2, 0) is 33.2 Å². The van der Waals surface area contributed by atoms with Crippen molar-refractivity contribution in [1.82, 2.24) is 0 Å². The number of esters is 1. The van der Waals surface area contributed by atoms with E-state index in [-0.39, 0.29) is 24.4 Å². The van der Waals surface area contributed by atoms with Crippen LogP contribution in [0.25, 0.3) is 0 Å². The predicted octanol–water partition coefficient (Wildman–Crippen LogP) is 0.705. The fourth-order valence-corrected chi connectivity index (χ4v) is 2.00. The number of carbonyl (C=O) groups is 1. The summed E-state index contributed by atoms with van der Waals surface area (Å²) in [6.07, 6.45) is 2.49. The summed E-state index contributed by atoms with van der Waals surface area (Å²) in [4.78, 5) is 10.8. The van der Waals surface area contributed by atoms with Crippen molar-refractivity contribution < 1.29 is 33.2 Å². The molecule has 0 aromatic rings. The lowest BCUT2D eigenvalue weighted by Crippen LogP contribution is -2.17. The fraction of sp³-hybridized carbons (Fsp3) is 0.933. The van der Waals surface area contributed by atoms with Gasteiger partial charge in [-0.05, 0) is 12.8 Å². The van der Waals surface area contributed by atoms with Gasteiger partial charge >= 0.3 is 5.97 Å². The van der Waals surface area contributed by atoms with Crippen LogP contribution >= 0.6 is 12.6 Å². The van der Waals surface area contributed by atoms with Gasteiger partial charge in [-0.25, -0.2) is 0 Å². The van der Waals surface area contributed by atoms with Gasteiger partial charge in [-0.15, -0.1) is 0 Å². The second-order valence-electron chi connectivity index (χ2n) is 4.93. The molecule has 0 aromatic carbocycles. The highest BCUT2D eigenvalue weighted by molar-refractivity contribution is 7.81. The van der Waals surface area contributed by atoms with E-state index < -0.39 is 0 Å². The zero-order valence-corrected chi connectivity index (χ0v) is 14.5. The highest BCUT2D eigenvalue weighted by atomic mass is 32.1. The van der Waals surface area contributed by atoms with E-state index in [1.807, 2.05) is 0 Å². The van der Waals surface area contributed by atoms with Crippen molar-refractivity contribution in [2.45, 2.75) is 18.9 Å². The summed E-state index contributed by atoms with van der Waals surface area (Å²) in [5.74, 6) is -0.257. The SMILES string of the molecule is O=C(CS)OCCOCCOCCOCCOCC1CCCO1. The van der Waals surface area contributed by atoms with Crippen LogP contribution in [0.5, 0.6) is 0 Å². The Balaban J connectivity index is 1.67. The molecule has 0 saturated carbocycles. The summed E-state index contributed by atoms with van der Waals surface area (Å²) >= 11 is 3.79. The molecule has 1 fully saturated rings. The second-order valence-corrected chi connectivity index (χ2v) is 5.24. The number of rotatable bonds is 15. The average molecular weight is 352 g/mol. The van der Waals surface area contributed by atoms with Gasteiger partial charge in [-0.1, -0.05) is 0 Å². The van der Waals surface area contributed by atoms with Crippen LogP contribution < -0.4 is 0 Å². The lowest BCUT2D eigenvalue weighted by atomic mass is 10.2. The van der Waals surface area contributed by atoms with E-state index >= 15 is 0 Å². The topological polar surface area (TPSA) is 72.5 Å². The number of thiol groups is 1. The van der Waals surface area contributed by atoms with Crippen LogP contribution in [0.3, 0.4) is 0 Å². The fourth-order valence-electron chi connectivity index (χ4n) is 1.91. The molecular formula is C15H28O7S. The Labute approximate surface area is 143 Å². The van der Waals surface area contributed by atoms with Crippen molar-refractivity contribution >= 4 is 18.6 Å². The molecule has 1 rings (SSSR count). The first-order valence-corrected chi connectivity index (χ1v) is 8.65. The van der Waals surface area contributed by atoms with Gasteiger partial charge in [0.1, 0.15) is 6.61 Å². The Bertz CT molecular complexity index is 285. The molecule has 1 saturated heterocycles. The molecule has 136 valence electrons. The van der Waals surface area contributed by atoms with Gasteiger partial charge in [0.2, 0.25) is 0 Å². The predicted molar refractivity (Wildman–Crippen MR) is 87.1 cm³/mol. The minimum absolute atomic E-state index is 0.0858. The minimum Gasteiger partial charge on any atom is -0.463 e. The third-order valence-electron chi connectivity index (χ3n) is 3.06. The summed E-state index contributed by atoms with van der Waals surface area (Å²) in [5, 5.41) is 0. The standard InChI is InChI=1S/C15H28O7S/c16-15(13-23)22-11-10-19-7-6-17-4-5-18-8-9-20-12-14-2-1-3-21-14/h14,23H,1-13H2. The summed E-state index contributed by atoms with van der Waals surface area (Å²) in [6, 6.07) is 0. The molecular weight excluding hydrogens is 324 g/mol. The molecule has 1 aliphatic heterocycles. The monoisotopic (exact) mass is 352 g/mol. The first-order valence-electron chi connectivity index (χ1n) is 8.02. The van der Waals surface area contributed by atoms with E-state index in [4.69, 9.17) is 28.4 Å². The maximum atomic E-state index is 10.8. The molecule has 0 aliphatic carbocycles. The molecule has 0 radical (unpaired) electrons. The van der Waals surface area contributed by atoms with Crippen LogP contribution in [0.2, 0.25) is 0 Å². The second kappa shape index (κ2) is 15.2. The molecule has 0 N–H and O–H groups in total. The zero-order valence-electron chi connectivity index (χ0n) is 13.6. The van der Waals surface area contributed by atoms with E-state index in [1.54, 1.807) is 0 Å². The number of ether oxygens (including phenoxy) is 6. The van der Waals surface area contributed by atoms with Crippen molar-refractivity contribution in [2.75, 3.05) is 71.8 Å². The molecule has 0 aromatic heterocycles. The highest BCUT2D eigenvalue weighted by Gasteiger charge is 2.14. The summed E-state index contributed by atoms with van der Waals surface area (Å²) in [7, 11) is 0. The van der Waals surface area contributed by atoms with Gasteiger partial charge in [0.05, 0.1) is 64.7 Å². The van der Waals surface area contributed by atoms with Crippen LogP contribution in [-0.4, -0.2) is 83.9 Å². The molecule has 0 amide bonds. The zero-order chi connectivity index (χ0) is 16.6. The summed E-state index contributed by atoms with van der Waals surface area (Å²) < 4.78 is 31.7. The van der Waals surface area contributed by atoms with Gasteiger partial charge in [-0.2, -0.15) is 12.6 Å². The Hall–Kier alpha value is -0.380. The number of carbonyl (C=O) groups excluding carboxylic acids is 1. The minimum atomic E-state index is -0.343. The summed E-state index contributed by atoms with van der Waals surface area (Å²) in [6.45, 7) is 5.24. The van der Waals surface area contributed by atoms with Gasteiger partial charge < -0.3 is 28.4 Å². The van der Waals surface area contributed by atoms with Crippen molar-refractivity contribution in [3.63, 3.8) is 0 Å². The molecule has 1 atom stereocenters. The quantitative estimate of drug-likeness (QED) is 0.264. The molecule has 8 heteroatoms. The molecule has 23 heavy (non-hydrogen) atoms. The van der Waals surface area contributed by atoms with Crippen LogP contribution in [0.4, 0.5) is 0 Å². The van der Waals surface area contributed by atoms with Crippen LogP contribution in [0.1, 0.15) is 12.8 Å². The normalized spacial score (nSPS) is 17.5. The van der Waals surface area contributed by atoms with Gasteiger partial charge in [0.15, 0.2) is 0 Å². The lowest BCUT2D eigenvalue weighted by molar-refractivity contribution is -0.142. The molecule has 7 nitrogen and oxygen atoms in total. The lowest BCUT2D eigenvalue weighted by Gasteiger charge is -2.10. The first kappa shape index (κ1) is 20.7. The highest BCUT2D eigenvalue weighted by Crippen LogP contribution is 2.11. The summed E-state index contributed by atoms with van der Waals surface area (Å²) in [5.41, 5.74) is 0. The Morgan fingerprint density at radius 1 is 0.913 bits per heavy atom. The van der Waals surface area contributed by atoms with Crippen molar-refractivity contribution in [3.05, 3.63) is 0 Å². The van der Waals surface area contributed by atoms with Crippen LogP contribution in [0, 0.1) is 0 Å². The van der Waals surface area contributed by atoms with Crippen molar-refractivity contribution in [2.24, 2.45) is 0 Å². The maximum Gasteiger partial charge on any atom is 0.315 e. The van der Waals surface area contributed by atoms with E-state index in [1.165, 1.54) is 0 Å². The molecule has 0 spiro atoms. The molecule has 1 heterocycles. The molecule has 1 aliphatic rings. The van der Waals surface area contributed by atoms with E-state index in [2.05, 4.69) is 12.6 Å². The third-order valence-corrected chi connectivity index (χ3v) is 3.32. The van der Waals surface area contributed by atoms with Crippen molar-refractivity contribution in [3.8, 4) is 0 Å². The van der Waals surface area contributed by atoms with Gasteiger partial charge in [0.25, 0.3) is 0 Å². The number of hydrogen-bond acceptors (Lipinski definition) is 8.